The number of ether oxygens (including phenoxy) is 1. The summed E-state index contributed by atoms with van der Waals surface area (Å²) in [6.45, 7) is 3.40. The van der Waals surface area contributed by atoms with Crippen molar-refractivity contribution in [1.82, 2.24) is 10.3 Å². The molecule has 3 rings (SSSR count). The molecule has 1 aromatic heterocycles. The molecule has 3 aromatic rings. The fraction of sp³-hybridized carbons (Fsp3) is 0.174. The molecule has 0 aliphatic heterocycles. The van der Waals surface area contributed by atoms with Gasteiger partial charge in [0.1, 0.15) is 29.0 Å². The number of hydrogen-bond donors (Lipinski definition) is 2. The minimum absolute atomic E-state index is 0.300. The number of benzene rings is 2. The molecule has 0 saturated heterocycles. The lowest BCUT2D eigenvalue weighted by Crippen LogP contribution is -2.47. The number of nitrogens with zero attached hydrogens (tertiary/aromatic N) is 1. The number of hydrogen-bond acceptors (Lipinski definition) is 4. The molecular weight excluding hydrogens is 440 g/mol. The lowest BCUT2D eigenvalue weighted by molar-refractivity contribution is -0.118. The third kappa shape index (κ3) is 5.79. The number of pyridine rings is 1. The predicted molar refractivity (Wildman–Crippen MR) is 117 cm³/mol. The Balaban J connectivity index is 1.66. The van der Waals surface area contributed by atoms with Gasteiger partial charge in [0.05, 0.1) is 11.9 Å². The van der Waals surface area contributed by atoms with Gasteiger partial charge < -0.3 is 15.4 Å². The molecule has 0 spiro atoms. The summed E-state index contributed by atoms with van der Waals surface area (Å²) in [5.74, 6) is -3.10. The van der Waals surface area contributed by atoms with E-state index in [1.54, 1.807) is 50.2 Å². The highest BCUT2D eigenvalue weighted by Crippen LogP contribution is 2.22. The summed E-state index contributed by atoms with van der Waals surface area (Å²) in [7, 11) is 0. The molecule has 0 fully saturated rings. The summed E-state index contributed by atoms with van der Waals surface area (Å²) in [5.41, 5.74) is -0.383. The van der Waals surface area contributed by atoms with Gasteiger partial charge in [-0.05, 0) is 48.4 Å². The van der Waals surface area contributed by atoms with Crippen molar-refractivity contribution >= 4 is 29.1 Å². The van der Waals surface area contributed by atoms with E-state index < -0.39 is 35.1 Å². The molecule has 0 saturated carbocycles. The van der Waals surface area contributed by atoms with Crippen LogP contribution in [0.5, 0.6) is 11.6 Å². The van der Waals surface area contributed by atoms with E-state index in [-0.39, 0.29) is 5.92 Å². The van der Waals surface area contributed by atoms with E-state index in [2.05, 4.69) is 15.6 Å². The molecule has 32 heavy (non-hydrogen) atoms. The van der Waals surface area contributed by atoms with Crippen LogP contribution in [-0.2, 0) is 4.79 Å². The number of carbonyl (C=O) groups is 2. The average Bonchev–Trinajstić information content (AvgIpc) is 2.74. The van der Waals surface area contributed by atoms with Crippen molar-refractivity contribution in [3.8, 4) is 11.6 Å². The molecule has 1 heterocycles. The van der Waals surface area contributed by atoms with Crippen LogP contribution >= 0.6 is 11.6 Å². The van der Waals surface area contributed by atoms with Gasteiger partial charge in [-0.15, -0.1) is 0 Å². The first-order chi connectivity index (χ1) is 15.2. The van der Waals surface area contributed by atoms with Crippen LogP contribution in [0.15, 0.2) is 60.8 Å². The second-order valence-corrected chi connectivity index (χ2v) is 7.66. The standard InChI is InChI=1S/C23H20ClF2N3O3/c1-13(2)21(29-22(30)20-17(25)4-3-5-18(20)26)23(31)28-15-8-11-19(27-12-15)32-16-9-6-14(24)7-10-16/h3-13,21H,1-2H3,(H,28,31)(H,29,30)/t21-/m0/s1. The molecule has 0 aliphatic carbocycles. The fourth-order valence-corrected chi connectivity index (χ4v) is 2.95. The van der Waals surface area contributed by atoms with Gasteiger partial charge in [-0.2, -0.15) is 0 Å². The maximum absolute atomic E-state index is 13.9. The first-order valence-corrected chi connectivity index (χ1v) is 10.1. The molecule has 9 heteroatoms. The summed E-state index contributed by atoms with van der Waals surface area (Å²) in [6, 6.07) is 11.9. The Labute approximate surface area is 188 Å². The van der Waals surface area contributed by atoms with E-state index >= 15 is 0 Å². The Morgan fingerprint density at radius 2 is 1.66 bits per heavy atom. The molecule has 6 nitrogen and oxygen atoms in total. The van der Waals surface area contributed by atoms with Crippen LogP contribution in [0.4, 0.5) is 14.5 Å². The molecule has 0 aliphatic rings. The minimum Gasteiger partial charge on any atom is -0.439 e. The number of nitrogens with one attached hydrogen (secondary N) is 2. The van der Waals surface area contributed by atoms with Crippen LogP contribution in [0.1, 0.15) is 24.2 Å². The van der Waals surface area contributed by atoms with Crippen molar-refractivity contribution in [2.75, 3.05) is 5.32 Å². The van der Waals surface area contributed by atoms with Gasteiger partial charge in [-0.3, -0.25) is 9.59 Å². The highest BCUT2D eigenvalue weighted by molar-refractivity contribution is 6.30. The van der Waals surface area contributed by atoms with E-state index in [9.17, 15) is 18.4 Å². The van der Waals surface area contributed by atoms with Gasteiger partial charge in [0.15, 0.2) is 0 Å². The summed E-state index contributed by atoms with van der Waals surface area (Å²) < 4.78 is 33.4. The van der Waals surface area contributed by atoms with Gasteiger partial charge in [-0.25, -0.2) is 13.8 Å². The van der Waals surface area contributed by atoms with Gasteiger partial charge in [0.2, 0.25) is 11.8 Å². The largest absolute Gasteiger partial charge is 0.439 e. The Kier molecular flexibility index (Phi) is 7.37. The predicted octanol–water partition coefficient (Wildman–Crippen LogP) is 5.20. The fourth-order valence-electron chi connectivity index (χ4n) is 2.82. The van der Waals surface area contributed by atoms with Crippen molar-refractivity contribution in [1.29, 1.82) is 0 Å². The van der Waals surface area contributed by atoms with E-state index in [4.69, 9.17) is 16.3 Å². The maximum Gasteiger partial charge on any atom is 0.257 e. The Morgan fingerprint density at radius 1 is 1.00 bits per heavy atom. The molecule has 1 atom stereocenters. The number of carbonyl (C=O) groups excluding carboxylic acids is 2. The summed E-state index contributed by atoms with van der Waals surface area (Å²) >= 11 is 5.84. The first-order valence-electron chi connectivity index (χ1n) is 9.70. The second-order valence-electron chi connectivity index (χ2n) is 7.22. The van der Waals surface area contributed by atoms with Crippen LogP contribution in [0.2, 0.25) is 5.02 Å². The minimum atomic E-state index is -1.04. The Morgan fingerprint density at radius 3 is 2.22 bits per heavy atom. The van der Waals surface area contributed by atoms with Gasteiger partial charge in [0, 0.05) is 11.1 Å². The third-order valence-corrected chi connectivity index (χ3v) is 4.72. The molecule has 2 amide bonds. The maximum atomic E-state index is 13.9. The zero-order valence-electron chi connectivity index (χ0n) is 17.2. The van der Waals surface area contributed by atoms with Crippen LogP contribution in [0.25, 0.3) is 0 Å². The summed E-state index contributed by atoms with van der Waals surface area (Å²) in [5, 5.41) is 5.60. The van der Waals surface area contributed by atoms with E-state index in [1.165, 1.54) is 6.20 Å². The Bertz CT molecular complexity index is 1090. The highest BCUT2D eigenvalue weighted by atomic mass is 35.5. The van der Waals surface area contributed by atoms with Gasteiger partial charge in [0.25, 0.3) is 5.91 Å². The number of anilines is 1. The van der Waals surface area contributed by atoms with Crippen molar-refractivity contribution < 1.29 is 23.1 Å². The summed E-state index contributed by atoms with van der Waals surface area (Å²) in [4.78, 5) is 29.2. The number of amides is 2. The molecule has 166 valence electrons. The van der Waals surface area contributed by atoms with E-state index in [1.807, 2.05) is 0 Å². The molecule has 0 bridgehead atoms. The number of halogens is 3. The van der Waals surface area contributed by atoms with Crippen LogP contribution in [0, 0.1) is 17.6 Å². The number of aromatic nitrogens is 1. The lowest BCUT2D eigenvalue weighted by atomic mass is 10.0. The zero-order chi connectivity index (χ0) is 23.3. The smallest absolute Gasteiger partial charge is 0.257 e. The number of rotatable bonds is 7. The second kappa shape index (κ2) is 10.2. The van der Waals surface area contributed by atoms with Crippen molar-refractivity contribution in [2.45, 2.75) is 19.9 Å². The van der Waals surface area contributed by atoms with Crippen LogP contribution < -0.4 is 15.4 Å². The monoisotopic (exact) mass is 459 g/mol. The van der Waals surface area contributed by atoms with Crippen molar-refractivity contribution in [3.05, 3.63) is 83.0 Å². The SMILES string of the molecule is CC(C)[C@H](NC(=O)c1c(F)cccc1F)C(=O)Nc1ccc(Oc2ccc(Cl)cc2)nc1. The molecule has 0 unspecified atom stereocenters. The van der Waals surface area contributed by atoms with E-state index in [0.29, 0.717) is 22.3 Å². The topological polar surface area (TPSA) is 80.3 Å². The molecular formula is C23H20ClF2N3O3. The quantitative estimate of drug-likeness (QED) is 0.509. The van der Waals surface area contributed by atoms with Gasteiger partial charge >= 0.3 is 0 Å². The Hall–Kier alpha value is -3.52. The van der Waals surface area contributed by atoms with E-state index in [0.717, 1.165) is 18.2 Å². The molecule has 0 radical (unpaired) electrons. The molecule has 2 aromatic carbocycles. The van der Waals surface area contributed by atoms with Crippen molar-refractivity contribution in [3.63, 3.8) is 0 Å². The lowest BCUT2D eigenvalue weighted by Gasteiger charge is -2.22. The van der Waals surface area contributed by atoms with Crippen LogP contribution in [-0.4, -0.2) is 22.8 Å². The van der Waals surface area contributed by atoms with Gasteiger partial charge in [-0.1, -0.05) is 31.5 Å². The average molecular weight is 460 g/mol. The third-order valence-electron chi connectivity index (χ3n) is 4.47. The van der Waals surface area contributed by atoms with Crippen LogP contribution in [0.3, 0.4) is 0 Å². The zero-order valence-corrected chi connectivity index (χ0v) is 18.0. The molecule has 2 N–H and O–H groups in total. The normalized spacial score (nSPS) is 11.7. The van der Waals surface area contributed by atoms with Crippen molar-refractivity contribution in [2.24, 2.45) is 5.92 Å². The highest BCUT2D eigenvalue weighted by Gasteiger charge is 2.27. The summed E-state index contributed by atoms with van der Waals surface area (Å²) in [6.07, 6.45) is 1.39. The first kappa shape index (κ1) is 23.1.